The molecule has 1 atom stereocenters. The van der Waals surface area contributed by atoms with E-state index >= 15 is 0 Å². The maximum atomic E-state index is 13.9. The summed E-state index contributed by atoms with van der Waals surface area (Å²) >= 11 is 0. The van der Waals surface area contributed by atoms with E-state index in [0.29, 0.717) is 23.6 Å². The highest BCUT2D eigenvalue weighted by molar-refractivity contribution is 14.0. The number of nitriles is 1. The van der Waals surface area contributed by atoms with Crippen molar-refractivity contribution >= 4 is 35.8 Å². The van der Waals surface area contributed by atoms with E-state index in [0.717, 1.165) is 13.0 Å². The van der Waals surface area contributed by atoms with Crippen LogP contribution in [0, 0.1) is 23.1 Å². The van der Waals surface area contributed by atoms with Crippen LogP contribution >= 0.6 is 24.0 Å². The number of halogens is 2. The van der Waals surface area contributed by atoms with Crippen molar-refractivity contribution < 1.29 is 9.18 Å². The van der Waals surface area contributed by atoms with Crippen LogP contribution in [0.1, 0.15) is 31.4 Å². The van der Waals surface area contributed by atoms with Gasteiger partial charge in [0, 0.05) is 44.2 Å². The van der Waals surface area contributed by atoms with Gasteiger partial charge in [-0.3, -0.25) is 9.79 Å². The summed E-state index contributed by atoms with van der Waals surface area (Å²) in [6.07, 6.45) is 0.852. The lowest BCUT2D eigenvalue weighted by Gasteiger charge is -2.20. The molecule has 142 valence electrons. The third-order valence-corrected chi connectivity index (χ3v) is 4.19. The predicted octanol–water partition coefficient (Wildman–Crippen LogP) is 2.24. The van der Waals surface area contributed by atoms with Gasteiger partial charge in [0.05, 0.1) is 11.6 Å². The maximum Gasteiger partial charge on any atom is 0.225 e. The highest BCUT2D eigenvalue weighted by Crippen LogP contribution is 2.13. The number of benzene rings is 1. The van der Waals surface area contributed by atoms with Crippen molar-refractivity contribution in [3.63, 3.8) is 0 Å². The van der Waals surface area contributed by atoms with Crippen LogP contribution in [0.25, 0.3) is 0 Å². The predicted molar refractivity (Wildman–Crippen MR) is 110 cm³/mol. The number of hydrogen-bond donors (Lipinski definition) is 2. The lowest BCUT2D eigenvalue weighted by atomic mass is 10.1. The van der Waals surface area contributed by atoms with Gasteiger partial charge in [0.25, 0.3) is 0 Å². The van der Waals surface area contributed by atoms with E-state index in [1.165, 1.54) is 6.07 Å². The van der Waals surface area contributed by atoms with Crippen molar-refractivity contribution in [1.82, 2.24) is 15.5 Å². The summed E-state index contributed by atoms with van der Waals surface area (Å²) in [6.45, 7) is 5.43. The Labute approximate surface area is 170 Å². The molecular weight excluding hydrogens is 448 g/mol. The number of guanidine groups is 1. The zero-order valence-electron chi connectivity index (χ0n) is 15.3. The van der Waals surface area contributed by atoms with Crippen LogP contribution in [0.4, 0.5) is 4.39 Å². The molecule has 8 heteroatoms. The first-order valence-corrected chi connectivity index (χ1v) is 8.39. The van der Waals surface area contributed by atoms with Crippen molar-refractivity contribution in [2.75, 3.05) is 20.1 Å². The topological polar surface area (TPSA) is 80.5 Å². The molecule has 1 aliphatic rings. The fourth-order valence-electron chi connectivity index (χ4n) is 2.77. The maximum absolute atomic E-state index is 13.9. The molecule has 0 bridgehead atoms. The Morgan fingerprint density at radius 3 is 2.81 bits per heavy atom. The van der Waals surface area contributed by atoms with Gasteiger partial charge in [0.2, 0.25) is 5.91 Å². The molecular formula is C18H25FIN5O. The molecule has 2 rings (SSSR count). The zero-order valence-corrected chi connectivity index (χ0v) is 17.6. The van der Waals surface area contributed by atoms with Gasteiger partial charge in [0.1, 0.15) is 5.82 Å². The van der Waals surface area contributed by atoms with Crippen LogP contribution in [-0.2, 0) is 11.3 Å². The van der Waals surface area contributed by atoms with Gasteiger partial charge in [-0.1, -0.05) is 19.9 Å². The number of hydrogen-bond acceptors (Lipinski definition) is 3. The number of carbonyl (C=O) groups excluding carboxylic acids is 1. The van der Waals surface area contributed by atoms with Crippen molar-refractivity contribution in [3.8, 4) is 6.07 Å². The summed E-state index contributed by atoms with van der Waals surface area (Å²) in [5, 5.41) is 15.1. The van der Waals surface area contributed by atoms with E-state index < -0.39 is 5.82 Å². The molecule has 6 nitrogen and oxygen atoms in total. The molecule has 0 radical (unpaired) electrons. The largest absolute Gasteiger partial charge is 0.352 e. The van der Waals surface area contributed by atoms with Crippen LogP contribution in [-0.4, -0.2) is 42.9 Å². The SMILES string of the molecule is CN=C(NCc1ccc(C#N)cc1F)NC1CCN(C(=O)C(C)C)C1.I. The van der Waals surface area contributed by atoms with E-state index in [-0.39, 0.29) is 48.4 Å². The first-order valence-electron chi connectivity index (χ1n) is 8.39. The number of likely N-dealkylation sites (tertiary alicyclic amines) is 1. The summed E-state index contributed by atoms with van der Waals surface area (Å²) in [5.74, 6) is 0.298. The molecule has 1 aliphatic heterocycles. The lowest BCUT2D eigenvalue weighted by Crippen LogP contribution is -2.45. The van der Waals surface area contributed by atoms with Crippen molar-refractivity contribution in [2.24, 2.45) is 10.9 Å². The van der Waals surface area contributed by atoms with Crippen molar-refractivity contribution in [2.45, 2.75) is 32.9 Å². The number of aliphatic imine (C=N–C) groups is 1. The second-order valence-corrected chi connectivity index (χ2v) is 6.41. The van der Waals surface area contributed by atoms with E-state index in [2.05, 4.69) is 15.6 Å². The minimum Gasteiger partial charge on any atom is -0.352 e. The molecule has 2 N–H and O–H groups in total. The standard InChI is InChI=1S/C18H24FN5O.HI/c1-12(2)17(25)24-7-6-15(11-24)23-18(21-3)22-10-14-5-4-13(9-20)8-16(14)19;/h4-5,8,12,15H,6-7,10-11H2,1-3H3,(H2,21,22,23);1H. The molecule has 0 aliphatic carbocycles. The second-order valence-electron chi connectivity index (χ2n) is 6.41. The Morgan fingerprint density at radius 2 is 2.23 bits per heavy atom. The van der Waals surface area contributed by atoms with E-state index in [4.69, 9.17) is 5.26 Å². The summed E-state index contributed by atoms with van der Waals surface area (Å²) in [4.78, 5) is 18.0. The van der Waals surface area contributed by atoms with Gasteiger partial charge in [-0.05, 0) is 18.6 Å². The van der Waals surface area contributed by atoms with E-state index in [9.17, 15) is 9.18 Å². The van der Waals surface area contributed by atoms with Crippen LogP contribution in [0.3, 0.4) is 0 Å². The summed E-state index contributed by atoms with van der Waals surface area (Å²) in [5.41, 5.74) is 0.759. The first-order chi connectivity index (χ1) is 11.9. The molecule has 0 aromatic heterocycles. The molecule has 1 fully saturated rings. The average molecular weight is 473 g/mol. The number of nitrogens with one attached hydrogen (secondary N) is 2. The van der Waals surface area contributed by atoms with Crippen LogP contribution in [0.5, 0.6) is 0 Å². The number of nitrogens with zero attached hydrogens (tertiary/aromatic N) is 3. The van der Waals surface area contributed by atoms with E-state index in [1.54, 1.807) is 19.2 Å². The Hall–Kier alpha value is -1.89. The second kappa shape index (κ2) is 10.3. The van der Waals surface area contributed by atoms with Gasteiger partial charge in [0.15, 0.2) is 5.96 Å². The molecule has 1 heterocycles. The Kier molecular flexibility index (Phi) is 8.78. The third-order valence-electron chi connectivity index (χ3n) is 4.19. The Balaban J connectivity index is 0.00000338. The number of rotatable bonds is 4. The molecule has 0 spiro atoms. The Bertz CT molecular complexity index is 701. The van der Waals surface area contributed by atoms with Crippen LogP contribution < -0.4 is 10.6 Å². The van der Waals surface area contributed by atoms with Crippen molar-refractivity contribution in [1.29, 1.82) is 5.26 Å². The monoisotopic (exact) mass is 473 g/mol. The van der Waals surface area contributed by atoms with Gasteiger partial charge >= 0.3 is 0 Å². The molecule has 0 saturated carbocycles. The quantitative estimate of drug-likeness (QED) is 0.400. The minimum absolute atomic E-state index is 0. The summed E-state index contributed by atoms with van der Waals surface area (Å²) in [6, 6.07) is 6.43. The normalized spacial score (nSPS) is 16.8. The summed E-state index contributed by atoms with van der Waals surface area (Å²) in [7, 11) is 1.65. The van der Waals surface area contributed by atoms with Crippen LogP contribution in [0.2, 0.25) is 0 Å². The molecule has 1 aromatic carbocycles. The molecule has 1 unspecified atom stereocenters. The highest BCUT2D eigenvalue weighted by atomic mass is 127. The van der Waals surface area contributed by atoms with E-state index in [1.807, 2.05) is 24.8 Å². The number of carbonyl (C=O) groups is 1. The highest BCUT2D eigenvalue weighted by Gasteiger charge is 2.27. The smallest absolute Gasteiger partial charge is 0.225 e. The van der Waals surface area contributed by atoms with Gasteiger partial charge in [-0.15, -0.1) is 24.0 Å². The minimum atomic E-state index is -0.420. The lowest BCUT2D eigenvalue weighted by molar-refractivity contribution is -0.133. The fraction of sp³-hybridized carbons (Fsp3) is 0.500. The van der Waals surface area contributed by atoms with Gasteiger partial charge < -0.3 is 15.5 Å². The van der Waals surface area contributed by atoms with Crippen molar-refractivity contribution in [3.05, 3.63) is 35.1 Å². The molecule has 1 aromatic rings. The van der Waals surface area contributed by atoms with Gasteiger partial charge in [-0.25, -0.2) is 4.39 Å². The first kappa shape index (κ1) is 22.2. The van der Waals surface area contributed by atoms with Gasteiger partial charge in [-0.2, -0.15) is 5.26 Å². The fourth-order valence-corrected chi connectivity index (χ4v) is 2.77. The zero-order chi connectivity index (χ0) is 18.4. The van der Waals surface area contributed by atoms with Crippen LogP contribution in [0.15, 0.2) is 23.2 Å². The number of amides is 1. The summed E-state index contributed by atoms with van der Waals surface area (Å²) < 4.78 is 13.9. The average Bonchev–Trinajstić information content (AvgIpc) is 3.06. The molecule has 1 amide bonds. The molecule has 26 heavy (non-hydrogen) atoms. The third kappa shape index (κ3) is 5.83. The Morgan fingerprint density at radius 1 is 1.50 bits per heavy atom. The molecule has 1 saturated heterocycles.